The van der Waals surface area contributed by atoms with E-state index in [4.69, 9.17) is 4.74 Å². The number of hydrogen-bond donors (Lipinski definition) is 1. The maximum absolute atomic E-state index is 13.1. The standard InChI is InChI=1S/C15H22FNO/c1-18-15-10-13(16)8-9-14(15)17-11-12-6-4-2-3-5-7-12/h8-10,12,17H,2-7,11H2,1H3. The lowest BCUT2D eigenvalue weighted by Gasteiger charge is -2.17. The highest BCUT2D eigenvalue weighted by Crippen LogP contribution is 2.27. The molecule has 1 aliphatic rings. The molecule has 0 unspecified atom stereocenters. The minimum absolute atomic E-state index is 0.258. The van der Waals surface area contributed by atoms with E-state index in [0.717, 1.165) is 18.2 Å². The van der Waals surface area contributed by atoms with Gasteiger partial charge in [-0.1, -0.05) is 25.7 Å². The number of halogens is 1. The van der Waals surface area contributed by atoms with Crippen LogP contribution in [0.25, 0.3) is 0 Å². The van der Waals surface area contributed by atoms with Crippen LogP contribution in [0.5, 0.6) is 5.75 Å². The summed E-state index contributed by atoms with van der Waals surface area (Å²) < 4.78 is 18.3. The van der Waals surface area contributed by atoms with E-state index in [-0.39, 0.29) is 5.82 Å². The predicted molar refractivity (Wildman–Crippen MR) is 72.6 cm³/mol. The zero-order chi connectivity index (χ0) is 12.8. The molecule has 1 saturated carbocycles. The van der Waals surface area contributed by atoms with Gasteiger partial charge in [-0.3, -0.25) is 0 Å². The van der Waals surface area contributed by atoms with Gasteiger partial charge in [-0.15, -0.1) is 0 Å². The van der Waals surface area contributed by atoms with Crippen LogP contribution < -0.4 is 10.1 Å². The SMILES string of the molecule is COc1cc(F)ccc1NCC1CCCCCC1. The molecule has 2 rings (SSSR count). The Kier molecular flexibility index (Phi) is 4.85. The Bertz CT molecular complexity index is 373. The van der Waals surface area contributed by atoms with Gasteiger partial charge in [-0.25, -0.2) is 4.39 Å². The largest absolute Gasteiger partial charge is 0.494 e. The van der Waals surface area contributed by atoms with Gasteiger partial charge in [0, 0.05) is 12.6 Å². The first-order valence-electron chi connectivity index (χ1n) is 6.87. The Hall–Kier alpha value is -1.25. The number of rotatable bonds is 4. The van der Waals surface area contributed by atoms with Gasteiger partial charge < -0.3 is 10.1 Å². The Morgan fingerprint density at radius 1 is 1.22 bits per heavy atom. The maximum atomic E-state index is 13.1. The Balaban J connectivity index is 1.92. The first-order chi connectivity index (χ1) is 8.79. The van der Waals surface area contributed by atoms with Crippen molar-refractivity contribution in [1.82, 2.24) is 0 Å². The molecule has 0 aliphatic heterocycles. The van der Waals surface area contributed by atoms with Crippen LogP contribution >= 0.6 is 0 Å². The van der Waals surface area contributed by atoms with Crippen LogP contribution in [0.1, 0.15) is 38.5 Å². The molecular formula is C15H22FNO. The van der Waals surface area contributed by atoms with Crippen molar-refractivity contribution in [2.24, 2.45) is 5.92 Å². The van der Waals surface area contributed by atoms with Crippen molar-refractivity contribution in [2.75, 3.05) is 19.0 Å². The third-order valence-corrected chi connectivity index (χ3v) is 3.72. The lowest BCUT2D eigenvalue weighted by Crippen LogP contribution is -2.14. The van der Waals surface area contributed by atoms with E-state index in [2.05, 4.69) is 5.32 Å². The van der Waals surface area contributed by atoms with Gasteiger partial charge in [0.25, 0.3) is 0 Å². The van der Waals surface area contributed by atoms with Crippen molar-refractivity contribution in [3.05, 3.63) is 24.0 Å². The number of hydrogen-bond acceptors (Lipinski definition) is 2. The van der Waals surface area contributed by atoms with Gasteiger partial charge in [-0.2, -0.15) is 0 Å². The number of ether oxygens (including phenoxy) is 1. The molecule has 18 heavy (non-hydrogen) atoms. The molecule has 1 aromatic rings. The summed E-state index contributed by atoms with van der Waals surface area (Å²) in [6.45, 7) is 0.960. The molecule has 1 N–H and O–H groups in total. The fourth-order valence-electron chi connectivity index (χ4n) is 2.63. The number of nitrogens with one attached hydrogen (secondary N) is 1. The molecule has 2 nitrogen and oxygen atoms in total. The van der Waals surface area contributed by atoms with Gasteiger partial charge in [0.1, 0.15) is 11.6 Å². The first kappa shape index (κ1) is 13.2. The van der Waals surface area contributed by atoms with Gasteiger partial charge >= 0.3 is 0 Å². The van der Waals surface area contributed by atoms with Gasteiger partial charge in [0.15, 0.2) is 0 Å². The second-order valence-electron chi connectivity index (χ2n) is 5.08. The van der Waals surface area contributed by atoms with Crippen LogP contribution in [0, 0.1) is 11.7 Å². The minimum Gasteiger partial charge on any atom is -0.494 e. The monoisotopic (exact) mass is 251 g/mol. The molecule has 0 spiro atoms. The van der Waals surface area contributed by atoms with Gasteiger partial charge in [0.05, 0.1) is 12.8 Å². The third-order valence-electron chi connectivity index (χ3n) is 3.72. The molecule has 0 aromatic heterocycles. The molecular weight excluding hydrogens is 229 g/mol. The summed E-state index contributed by atoms with van der Waals surface area (Å²) >= 11 is 0. The topological polar surface area (TPSA) is 21.3 Å². The summed E-state index contributed by atoms with van der Waals surface area (Å²) in [5.74, 6) is 1.07. The van der Waals surface area contributed by atoms with E-state index in [1.54, 1.807) is 13.2 Å². The van der Waals surface area contributed by atoms with Crippen LogP contribution in [0.2, 0.25) is 0 Å². The summed E-state index contributed by atoms with van der Waals surface area (Å²) in [5, 5.41) is 3.40. The summed E-state index contributed by atoms with van der Waals surface area (Å²) in [4.78, 5) is 0. The van der Waals surface area contributed by atoms with Crippen molar-refractivity contribution in [2.45, 2.75) is 38.5 Å². The highest BCUT2D eigenvalue weighted by molar-refractivity contribution is 5.56. The van der Waals surface area contributed by atoms with Crippen LogP contribution in [-0.4, -0.2) is 13.7 Å². The predicted octanol–water partition coefficient (Wildman–Crippen LogP) is 4.22. The van der Waals surface area contributed by atoms with Crippen molar-refractivity contribution < 1.29 is 9.13 Å². The molecule has 0 saturated heterocycles. The number of benzene rings is 1. The van der Waals surface area contributed by atoms with Crippen molar-refractivity contribution >= 4 is 5.69 Å². The molecule has 1 aliphatic carbocycles. The van der Waals surface area contributed by atoms with Gasteiger partial charge in [-0.05, 0) is 30.9 Å². The van der Waals surface area contributed by atoms with E-state index in [9.17, 15) is 4.39 Å². The quantitative estimate of drug-likeness (QED) is 0.809. The highest BCUT2D eigenvalue weighted by atomic mass is 19.1. The van der Waals surface area contributed by atoms with Crippen LogP contribution in [0.3, 0.4) is 0 Å². The second-order valence-corrected chi connectivity index (χ2v) is 5.08. The second kappa shape index (κ2) is 6.62. The smallest absolute Gasteiger partial charge is 0.144 e. The van der Waals surface area contributed by atoms with Crippen LogP contribution in [0.4, 0.5) is 10.1 Å². The minimum atomic E-state index is -0.258. The van der Waals surface area contributed by atoms with E-state index >= 15 is 0 Å². The molecule has 0 bridgehead atoms. The van der Waals surface area contributed by atoms with E-state index in [1.165, 1.54) is 50.7 Å². The molecule has 0 atom stereocenters. The maximum Gasteiger partial charge on any atom is 0.144 e. The van der Waals surface area contributed by atoms with Gasteiger partial charge in [0.2, 0.25) is 0 Å². The summed E-state index contributed by atoms with van der Waals surface area (Å²) in [6, 6.07) is 4.65. The fourth-order valence-corrected chi connectivity index (χ4v) is 2.63. The zero-order valence-electron chi connectivity index (χ0n) is 11.0. The zero-order valence-corrected chi connectivity index (χ0v) is 11.0. The normalized spacial score (nSPS) is 17.2. The first-order valence-corrected chi connectivity index (χ1v) is 6.87. The molecule has 1 fully saturated rings. The lowest BCUT2D eigenvalue weighted by atomic mass is 10.0. The third kappa shape index (κ3) is 3.62. The van der Waals surface area contributed by atoms with Crippen molar-refractivity contribution in [3.63, 3.8) is 0 Å². The molecule has 3 heteroatoms. The number of methoxy groups -OCH3 is 1. The van der Waals surface area contributed by atoms with Crippen molar-refractivity contribution in [3.8, 4) is 5.75 Å². The van der Waals surface area contributed by atoms with Crippen molar-refractivity contribution in [1.29, 1.82) is 0 Å². The average Bonchev–Trinajstić information content (AvgIpc) is 2.65. The molecule has 0 heterocycles. The van der Waals surface area contributed by atoms with Crippen LogP contribution in [-0.2, 0) is 0 Å². The summed E-state index contributed by atoms with van der Waals surface area (Å²) in [7, 11) is 1.58. The number of anilines is 1. The van der Waals surface area contributed by atoms with E-state index in [0.29, 0.717) is 5.75 Å². The Morgan fingerprint density at radius 3 is 2.61 bits per heavy atom. The van der Waals surface area contributed by atoms with E-state index in [1.807, 2.05) is 0 Å². The fraction of sp³-hybridized carbons (Fsp3) is 0.600. The average molecular weight is 251 g/mol. The van der Waals surface area contributed by atoms with Crippen LogP contribution in [0.15, 0.2) is 18.2 Å². The molecule has 1 aromatic carbocycles. The molecule has 0 radical (unpaired) electrons. The Morgan fingerprint density at radius 2 is 1.94 bits per heavy atom. The molecule has 100 valence electrons. The Labute approximate surface area is 109 Å². The summed E-state index contributed by atoms with van der Waals surface area (Å²) in [5.41, 5.74) is 0.892. The lowest BCUT2D eigenvalue weighted by molar-refractivity contribution is 0.412. The summed E-state index contributed by atoms with van der Waals surface area (Å²) in [6.07, 6.45) is 8.03. The highest BCUT2D eigenvalue weighted by Gasteiger charge is 2.13. The van der Waals surface area contributed by atoms with E-state index < -0.39 is 0 Å². The molecule has 0 amide bonds.